The smallest absolute Gasteiger partial charge is 0.0689 e. The maximum absolute atomic E-state index is 8.25. The average Bonchev–Trinajstić information content (AvgIpc) is 1.25. The molecule has 0 heterocycles. The fourth-order valence-corrected chi connectivity index (χ4v) is 0. The molecule has 1 atom stereocenters. The Morgan fingerprint density at radius 1 is 0.800 bits per heavy atom. The van der Waals surface area contributed by atoms with Crippen molar-refractivity contribution in [3.63, 3.8) is 0 Å². The van der Waals surface area contributed by atoms with Crippen molar-refractivity contribution in [2.75, 3.05) is 0 Å². The lowest BCUT2D eigenvalue weighted by molar-refractivity contribution is -0.403. The Hall–Kier alpha value is -1.21. The predicted octanol–water partition coefficient (Wildman–Crippen LogP) is -0.312. The number of nitrogens with zero attached hydrogens (tertiary/aromatic N) is 2. The maximum Gasteiger partial charge on any atom is 0.0689 e. The standard InChI is InChI=1S/2NO3.H3N.H3P/c2*2-1(3)4;;/h;;2*1H3/q2*-1;;/p+2. The van der Waals surface area contributed by atoms with Crippen LogP contribution in [0.25, 0.3) is 0 Å². The van der Waals surface area contributed by atoms with E-state index in [2.05, 4.69) is 0 Å². The molecule has 0 bridgehead atoms. The summed E-state index contributed by atoms with van der Waals surface area (Å²) in [5, 5.41) is 29.5. The second-order valence-corrected chi connectivity index (χ2v) is 0.447. The molecule has 4 N–H and O–H groups in total. The van der Waals surface area contributed by atoms with Gasteiger partial charge in [0.25, 0.3) is 0 Å². The molecule has 0 saturated carbocycles. The minimum Gasteiger partial charge on any atom is -0.369 e. The molecule has 0 aromatic carbocycles. The summed E-state index contributed by atoms with van der Waals surface area (Å²) in [6.45, 7) is 0. The summed E-state index contributed by atoms with van der Waals surface area (Å²) in [6, 6.07) is 0. The molecular weight excluding hydrogens is 169 g/mol. The van der Waals surface area contributed by atoms with Gasteiger partial charge in [0, 0.05) is 0 Å². The van der Waals surface area contributed by atoms with E-state index in [1.165, 1.54) is 0 Å². The molecule has 10 heteroatoms. The zero-order valence-corrected chi connectivity index (χ0v) is 7.34. The van der Waals surface area contributed by atoms with Crippen LogP contribution in [0.1, 0.15) is 0 Å². The monoisotopic (exact) mass is 177 g/mol. The quantitative estimate of drug-likeness (QED) is 0.302. The Kier molecular flexibility index (Phi) is 36.4. The lowest BCUT2D eigenvalue weighted by atomic mass is 13.1. The zero-order valence-electron chi connectivity index (χ0n) is 5.34. The van der Waals surface area contributed by atoms with E-state index >= 15 is 0 Å². The average molecular weight is 177 g/mol. The van der Waals surface area contributed by atoms with Crippen molar-refractivity contribution in [2.45, 2.75) is 0 Å². The normalized spacial score (nSPS) is 4.80. The first-order chi connectivity index (χ1) is 3.46. The van der Waals surface area contributed by atoms with Gasteiger partial charge in [-0.05, 0) is 9.90 Å². The lowest BCUT2D eigenvalue weighted by Crippen LogP contribution is -1.74. The van der Waals surface area contributed by atoms with E-state index in [-0.39, 0.29) is 16.0 Å². The first kappa shape index (κ1) is 23.2. The van der Waals surface area contributed by atoms with E-state index in [9.17, 15) is 0 Å². The SMILES string of the molecule is O=[N+]([O-])[O-].O=[N+]([O-])[O-].[NH4+].[PH4+]. The van der Waals surface area contributed by atoms with Crippen LogP contribution >= 0.6 is 9.90 Å². The highest BCUT2D eigenvalue weighted by Crippen LogP contribution is 1.44. The van der Waals surface area contributed by atoms with E-state index in [4.69, 9.17) is 30.6 Å². The lowest BCUT2D eigenvalue weighted by Gasteiger charge is -1.74. The predicted molar refractivity (Wildman–Crippen MR) is 39.2 cm³/mol. The van der Waals surface area contributed by atoms with E-state index in [1.54, 1.807) is 0 Å². The third kappa shape index (κ3) is 155. The Balaban J connectivity index is -0.0000000300. The summed E-state index contributed by atoms with van der Waals surface area (Å²) in [4.78, 5) is 16.5. The van der Waals surface area contributed by atoms with Gasteiger partial charge in [-0.3, -0.25) is 0 Å². The van der Waals surface area contributed by atoms with E-state index < -0.39 is 10.2 Å². The molecule has 0 aliphatic rings. The summed E-state index contributed by atoms with van der Waals surface area (Å²) in [5.74, 6) is 0. The van der Waals surface area contributed by atoms with Crippen molar-refractivity contribution in [3.05, 3.63) is 30.6 Å². The summed E-state index contributed by atoms with van der Waals surface area (Å²) >= 11 is 0. The van der Waals surface area contributed by atoms with Crippen molar-refractivity contribution in [3.8, 4) is 0 Å². The van der Waals surface area contributed by atoms with Crippen molar-refractivity contribution in [1.82, 2.24) is 6.15 Å². The van der Waals surface area contributed by atoms with Gasteiger partial charge in [-0.1, -0.05) is 0 Å². The van der Waals surface area contributed by atoms with Gasteiger partial charge in [-0.15, -0.1) is 0 Å². The highest BCUT2D eigenvalue weighted by molar-refractivity contribution is 6.92. The molecule has 0 aromatic rings. The van der Waals surface area contributed by atoms with Crippen molar-refractivity contribution >= 4 is 9.90 Å². The maximum atomic E-state index is 8.25. The number of quaternary nitrogens is 1. The van der Waals surface area contributed by atoms with E-state index in [0.717, 1.165) is 0 Å². The van der Waals surface area contributed by atoms with Crippen molar-refractivity contribution in [1.29, 1.82) is 0 Å². The van der Waals surface area contributed by atoms with Crippen LogP contribution in [0.15, 0.2) is 0 Å². The van der Waals surface area contributed by atoms with Crippen LogP contribution in [0, 0.1) is 30.6 Å². The molecule has 0 spiro atoms. The Labute approximate surface area is 58.1 Å². The molecule has 10 heavy (non-hydrogen) atoms. The van der Waals surface area contributed by atoms with Gasteiger partial charge in [0.15, 0.2) is 0 Å². The van der Waals surface area contributed by atoms with E-state index in [0.29, 0.717) is 0 Å². The molecule has 0 amide bonds. The van der Waals surface area contributed by atoms with E-state index in [1.807, 2.05) is 0 Å². The van der Waals surface area contributed by atoms with Crippen LogP contribution in [0.5, 0.6) is 0 Å². The van der Waals surface area contributed by atoms with Crippen LogP contribution in [-0.4, -0.2) is 10.2 Å². The number of hydrogen-bond acceptors (Lipinski definition) is 6. The fraction of sp³-hybridized carbons (Fsp3) is 0. The Morgan fingerprint density at radius 2 is 0.800 bits per heavy atom. The second-order valence-electron chi connectivity index (χ2n) is 0.447. The van der Waals surface area contributed by atoms with Gasteiger partial charge in [0.1, 0.15) is 0 Å². The minimum atomic E-state index is -1.75. The molecule has 0 rings (SSSR count). The molecule has 0 saturated heterocycles. The molecule has 0 fully saturated rings. The minimum absolute atomic E-state index is 0. The largest absolute Gasteiger partial charge is 0.369 e. The third-order valence-corrected chi connectivity index (χ3v) is 0. The van der Waals surface area contributed by atoms with Gasteiger partial charge in [-0.2, -0.15) is 0 Å². The fourth-order valence-electron chi connectivity index (χ4n) is 0. The Bertz CT molecular complexity index is 71.0. The number of hydrogen-bond donors (Lipinski definition) is 1. The Morgan fingerprint density at radius 3 is 0.800 bits per heavy atom. The van der Waals surface area contributed by atoms with Crippen molar-refractivity contribution in [2.24, 2.45) is 0 Å². The molecule has 0 aliphatic carbocycles. The van der Waals surface area contributed by atoms with Crippen LogP contribution in [0.4, 0.5) is 0 Å². The third-order valence-electron chi connectivity index (χ3n) is 0. The van der Waals surface area contributed by atoms with Crippen LogP contribution in [-0.2, 0) is 0 Å². The van der Waals surface area contributed by atoms with Gasteiger partial charge < -0.3 is 36.8 Å². The molecule has 0 aromatic heterocycles. The summed E-state index contributed by atoms with van der Waals surface area (Å²) < 4.78 is 0. The van der Waals surface area contributed by atoms with Gasteiger partial charge in [0.05, 0.1) is 10.2 Å². The van der Waals surface area contributed by atoms with Gasteiger partial charge >= 0.3 is 0 Å². The molecule has 0 aliphatic heterocycles. The molecule has 1 unspecified atom stereocenters. The molecule has 0 radical (unpaired) electrons. The second kappa shape index (κ2) is 15.7. The summed E-state index contributed by atoms with van der Waals surface area (Å²) in [7, 11) is 0. The molecule has 9 nitrogen and oxygen atoms in total. The first-order valence-electron chi connectivity index (χ1n) is 1.10. The topological polar surface area (TPSA) is 169 Å². The summed E-state index contributed by atoms with van der Waals surface area (Å²) in [5.41, 5.74) is 0. The van der Waals surface area contributed by atoms with Gasteiger partial charge in [0.2, 0.25) is 0 Å². The molecular formula is H8N3O6P. The van der Waals surface area contributed by atoms with Crippen molar-refractivity contribution < 1.29 is 10.2 Å². The van der Waals surface area contributed by atoms with Crippen LogP contribution in [0.3, 0.4) is 0 Å². The zero-order chi connectivity index (χ0) is 7.15. The highest BCUT2D eigenvalue weighted by atomic mass is 31.0. The first-order valence-corrected chi connectivity index (χ1v) is 1.10. The van der Waals surface area contributed by atoms with Crippen LogP contribution in [0.2, 0.25) is 0 Å². The summed E-state index contributed by atoms with van der Waals surface area (Å²) in [6.07, 6.45) is 0. The molecule has 64 valence electrons. The van der Waals surface area contributed by atoms with Crippen LogP contribution < -0.4 is 6.15 Å². The van der Waals surface area contributed by atoms with Gasteiger partial charge in [-0.25, -0.2) is 0 Å². The number of rotatable bonds is 0. The highest BCUT2D eigenvalue weighted by Gasteiger charge is 1.46.